The molecule has 2 aliphatic rings. The van der Waals surface area contributed by atoms with E-state index < -0.39 is 15.7 Å². The lowest BCUT2D eigenvalue weighted by Crippen LogP contribution is -2.37. The standard InChI is InChI=1S/C20H22N6O4S/c1-23-19(27)9-18(22-20(23)28)24-10-14-12-25(13-15(14)11-24)31(29,30)17-5-3-16(4-6-17)26-8-2-7-21-26/h2-9,14-15H,10-13H2,1H3,(H,22,28). The fourth-order valence-corrected chi connectivity index (χ4v) is 5.95. The highest BCUT2D eigenvalue weighted by Gasteiger charge is 2.44. The molecule has 0 saturated carbocycles. The van der Waals surface area contributed by atoms with E-state index in [-0.39, 0.29) is 22.3 Å². The van der Waals surface area contributed by atoms with Crippen LogP contribution < -0.4 is 16.1 Å². The van der Waals surface area contributed by atoms with E-state index in [1.807, 2.05) is 4.90 Å². The number of aromatic nitrogens is 4. The molecule has 1 aromatic carbocycles. The van der Waals surface area contributed by atoms with Crippen LogP contribution in [0.4, 0.5) is 5.82 Å². The maximum Gasteiger partial charge on any atom is 0.329 e. The fraction of sp³-hybridized carbons (Fsp3) is 0.350. The van der Waals surface area contributed by atoms with E-state index in [0.717, 1.165) is 10.3 Å². The van der Waals surface area contributed by atoms with Crippen LogP contribution in [0, 0.1) is 11.8 Å². The van der Waals surface area contributed by atoms with Crippen molar-refractivity contribution in [1.29, 1.82) is 0 Å². The summed E-state index contributed by atoms with van der Waals surface area (Å²) >= 11 is 0. The lowest BCUT2D eigenvalue weighted by Gasteiger charge is -2.22. The van der Waals surface area contributed by atoms with E-state index in [2.05, 4.69) is 10.1 Å². The van der Waals surface area contributed by atoms with Crippen molar-refractivity contribution in [3.8, 4) is 5.69 Å². The molecule has 5 rings (SSSR count). The zero-order chi connectivity index (χ0) is 21.8. The summed E-state index contributed by atoms with van der Waals surface area (Å²) in [5.74, 6) is 0.780. The molecule has 1 N–H and O–H groups in total. The largest absolute Gasteiger partial charge is 0.357 e. The number of nitrogens with one attached hydrogen (secondary N) is 1. The van der Waals surface area contributed by atoms with Crippen molar-refractivity contribution in [1.82, 2.24) is 23.6 Å². The normalized spacial score (nSPS) is 21.5. The van der Waals surface area contributed by atoms with Gasteiger partial charge in [0.15, 0.2) is 0 Å². The number of sulfonamides is 1. The topological polar surface area (TPSA) is 113 Å². The Kier molecular flexibility index (Phi) is 4.59. The quantitative estimate of drug-likeness (QED) is 0.609. The third-order valence-electron chi connectivity index (χ3n) is 6.17. The van der Waals surface area contributed by atoms with E-state index in [4.69, 9.17) is 0 Å². The number of hydrogen-bond acceptors (Lipinski definition) is 6. The van der Waals surface area contributed by atoms with Crippen LogP contribution in [0.15, 0.2) is 63.3 Å². The first-order valence-electron chi connectivity index (χ1n) is 9.98. The second-order valence-electron chi connectivity index (χ2n) is 8.05. The van der Waals surface area contributed by atoms with E-state index >= 15 is 0 Å². The molecule has 0 aliphatic carbocycles. The van der Waals surface area contributed by atoms with Crippen molar-refractivity contribution in [2.75, 3.05) is 31.1 Å². The molecule has 2 saturated heterocycles. The molecule has 2 aliphatic heterocycles. The van der Waals surface area contributed by atoms with E-state index in [1.165, 1.54) is 17.4 Å². The maximum atomic E-state index is 13.1. The number of rotatable bonds is 4. The van der Waals surface area contributed by atoms with E-state index in [1.54, 1.807) is 47.4 Å². The zero-order valence-electron chi connectivity index (χ0n) is 16.9. The van der Waals surface area contributed by atoms with Gasteiger partial charge in [0.05, 0.1) is 10.6 Å². The third kappa shape index (κ3) is 3.39. The monoisotopic (exact) mass is 442 g/mol. The molecule has 3 aromatic rings. The second-order valence-corrected chi connectivity index (χ2v) is 9.99. The van der Waals surface area contributed by atoms with Crippen LogP contribution in [0.3, 0.4) is 0 Å². The first-order valence-corrected chi connectivity index (χ1v) is 11.4. The highest BCUT2D eigenvalue weighted by atomic mass is 32.2. The highest BCUT2D eigenvalue weighted by molar-refractivity contribution is 7.89. The summed E-state index contributed by atoms with van der Waals surface area (Å²) in [6.45, 7) is 2.02. The molecule has 0 bridgehead atoms. The number of nitrogens with zero attached hydrogens (tertiary/aromatic N) is 5. The molecule has 2 atom stereocenters. The zero-order valence-corrected chi connectivity index (χ0v) is 17.7. The summed E-state index contributed by atoms with van der Waals surface area (Å²) in [6.07, 6.45) is 3.46. The van der Waals surface area contributed by atoms with Crippen LogP contribution in [-0.2, 0) is 17.1 Å². The average molecular weight is 443 g/mol. The Hall–Kier alpha value is -3.18. The van der Waals surface area contributed by atoms with Crippen LogP contribution in [0.1, 0.15) is 0 Å². The lowest BCUT2D eigenvalue weighted by molar-refractivity contribution is 0.453. The molecule has 2 fully saturated rings. The van der Waals surface area contributed by atoms with Gasteiger partial charge in [0.2, 0.25) is 10.0 Å². The molecule has 31 heavy (non-hydrogen) atoms. The molecular weight excluding hydrogens is 420 g/mol. The smallest absolute Gasteiger partial charge is 0.329 e. The van der Waals surface area contributed by atoms with Crippen molar-refractivity contribution in [2.24, 2.45) is 18.9 Å². The van der Waals surface area contributed by atoms with Gasteiger partial charge in [-0.3, -0.25) is 14.3 Å². The Morgan fingerprint density at radius 1 is 1.03 bits per heavy atom. The molecule has 2 aromatic heterocycles. The highest BCUT2D eigenvalue weighted by Crippen LogP contribution is 2.35. The molecule has 0 spiro atoms. The van der Waals surface area contributed by atoms with Crippen LogP contribution in [0.25, 0.3) is 5.69 Å². The van der Waals surface area contributed by atoms with Gasteiger partial charge in [0.1, 0.15) is 5.82 Å². The van der Waals surface area contributed by atoms with Gasteiger partial charge in [0.25, 0.3) is 5.56 Å². The number of benzene rings is 1. The lowest BCUT2D eigenvalue weighted by atomic mass is 10.0. The maximum absolute atomic E-state index is 13.1. The SMILES string of the molecule is Cn1c(=O)cc(N2CC3CN(S(=O)(=O)c4ccc(-n5cccn5)cc4)CC3C2)[nH]c1=O. The van der Waals surface area contributed by atoms with Gasteiger partial charge in [-0.2, -0.15) is 9.40 Å². The molecule has 2 unspecified atom stereocenters. The van der Waals surface area contributed by atoms with Crippen molar-refractivity contribution in [2.45, 2.75) is 4.90 Å². The first-order chi connectivity index (χ1) is 14.8. The molecule has 10 nitrogen and oxygen atoms in total. The number of aromatic amines is 1. The first kappa shape index (κ1) is 19.8. The van der Waals surface area contributed by atoms with E-state index in [0.29, 0.717) is 32.0 Å². The molecule has 0 radical (unpaired) electrons. The van der Waals surface area contributed by atoms with Crippen LogP contribution >= 0.6 is 0 Å². The van der Waals surface area contributed by atoms with E-state index in [9.17, 15) is 18.0 Å². The predicted molar refractivity (Wildman–Crippen MR) is 114 cm³/mol. The van der Waals surface area contributed by atoms with Gasteiger partial charge in [0, 0.05) is 51.7 Å². The van der Waals surface area contributed by atoms with Crippen LogP contribution in [0.2, 0.25) is 0 Å². The van der Waals surface area contributed by atoms with Gasteiger partial charge in [-0.05, 0) is 42.2 Å². The van der Waals surface area contributed by atoms with Crippen molar-refractivity contribution < 1.29 is 8.42 Å². The number of H-pyrrole nitrogens is 1. The molecular formula is C20H22N6O4S. The molecule has 4 heterocycles. The van der Waals surface area contributed by atoms with Gasteiger partial charge in [-0.25, -0.2) is 17.9 Å². The van der Waals surface area contributed by atoms with Crippen LogP contribution in [0.5, 0.6) is 0 Å². The minimum Gasteiger partial charge on any atom is -0.357 e. The Morgan fingerprint density at radius 3 is 2.29 bits per heavy atom. The summed E-state index contributed by atoms with van der Waals surface area (Å²) in [5.41, 5.74) is -0.0261. The van der Waals surface area contributed by atoms with Crippen molar-refractivity contribution in [3.63, 3.8) is 0 Å². The second kappa shape index (κ2) is 7.20. The predicted octanol–water partition coefficient (Wildman–Crippen LogP) is 0.0162. The third-order valence-corrected chi connectivity index (χ3v) is 8.01. The Bertz CT molecular complexity index is 1280. The fourth-order valence-electron chi connectivity index (χ4n) is 4.40. The van der Waals surface area contributed by atoms with Gasteiger partial charge < -0.3 is 4.90 Å². The van der Waals surface area contributed by atoms with Crippen LogP contribution in [-0.4, -0.2) is 58.2 Å². The van der Waals surface area contributed by atoms with Crippen molar-refractivity contribution in [3.05, 3.63) is 69.6 Å². The van der Waals surface area contributed by atoms with Crippen molar-refractivity contribution >= 4 is 15.8 Å². The van der Waals surface area contributed by atoms with Gasteiger partial charge in [-0.15, -0.1) is 0 Å². The number of anilines is 1. The average Bonchev–Trinajstić information content (AvgIpc) is 3.48. The van der Waals surface area contributed by atoms with Gasteiger partial charge >= 0.3 is 5.69 Å². The molecule has 11 heteroatoms. The molecule has 162 valence electrons. The Morgan fingerprint density at radius 2 is 1.71 bits per heavy atom. The summed E-state index contributed by atoms with van der Waals surface area (Å²) < 4.78 is 30.5. The number of fused-ring (bicyclic) bond motifs is 1. The summed E-state index contributed by atoms with van der Waals surface area (Å²) in [7, 11) is -2.17. The summed E-state index contributed by atoms with van der Waals surface area (Å²) in [5, 5.41) is 4.15. The summed E-state index contributed by atoms with van der Waals surface area (Å²) in [4.78, 5) is 28.8. The van der Waals surface area contributed by atoms with Gasteiger partial charge in [-0.1, -0.05) is 0 Å². The summed E-state index contributed by atoms with van der Waals surface area (Å²) in [6, 6.07) is 9.92. The Balaban J connectivity index is 1.30. The minimum atomic E-state index is -3.59. The Labute approximate surface area is 178 Å². The number of hydrogen-bond donors (Lipinski definition) is 1. The molecule has 0 amide bonds. The minimum absolute atomic E-state index is 0.144.